The first kappa shape index (κ1) is 26.3. The average molecular weight is 487 g/mol. The Hall–Kier alpha value is -3.33. The van der Waals surface area contributed by atoms with Crippen molar-refractivity contribution in [2.24, 2.45) is 11.8 Å². The fourth-order valence-electron chi connectivity index (χ4n) is 3.57. The molecule has 0 saturated heterocycles. The summed E-state index contributed by atoms with van der Waals surface area (Å²) in [7, 11) is 2.99. The molecule has 1 heterocycles. The van der Waals surface area contributed by atoms with Crippen LogP contribution in [0.15, 0.2) is 36.5 Å². The molecule has 190 valence electrons. The number of aromatic hydroxyl groups is 1. The lowest BCUT2D eigenvalue weighted by Gasteiger charge is -2.26. The van der Waals surface area contributed by atoms with E-state index < -0.39 is 29.8 Å². The van der Waals surface area contributed by atoms with Gasteiger partial charge >= 0.3 is 5.97 Å². The number of nitrogens with zero attached hydrogens (tertiary/aromatic N) is 1. The molecule has 3 rings (SSSR count). The van der Waals surface area contributed by atoms with Crippen LogP contribution in [-0.4, -0.2) is 61.5 Å². The predicted octanol–water partition coefficient (Wildman–Crippen LogP) is 3.14. The summed E-state index contributed by atoms with van der Waals surface area (Å²) in [5, 5.41) is 12.7. The molecule has 1 aromatic carbocycles. The van der Waals surface area contributed by atoms with Crippen LogP contribution in [0.25, 0.3) is 0 Å². The van der Waals surface area contributed by atoms with Gasteiger partial charge in [-0.1, -0.05) is 12.1 Å². The molecule has 1 amide bonds. The Bertz CT molecular complexity index is 992. The number of aromatic nitrogens is 1. The Morgan fingerprint density at radius 2 is 1.83 bits per heavy atom. The summed E-state index contributed by atoms with van der Waals surface area (Å²) in [4.78, 5) is 29.2. The quantitative estimate of drug-likeness (QED) is 0.415. The molecule has 35 heavy (non-hydrogen) atoms. The van der Waals surface area contributed by atoms with Crippen LogP contribution in [0.1, 0.15) is 42.7 Å². The van der Waals surface area contributed by atoms with E-state index in [2.05, 4.69) is 10.3 Å². The van der Waals surface area contributed by atoms with Crippen molar-refractivity contribution in [3.05, 3.63) is 47.8 Å². The van der Waals surface area contributed by atoms with E-state index >= 15 is 0 Å². The molecule has 0 spiro atoms. The first-order valence-electron chi connectivity index (χ1n) is 11.8. The van der Waals surface area contributed by atoms with Crippen LogP contribution >= 0.6 is 0 Å². The second kappa shape index (κ2) is 12.4. The average Bonchev–Trinajstić information content (AvgIpc) is 3.68. The summed E-state index contributed by atoms with van der Waals surface area (Å²) in [6.07, 6.45) is 3.94. The van der Waals surface area contributed by atoms with Gasteiger partial charge in [0.05, 0.1) is 20.8 Å². The van der Waals surface area contributed by atoms with Crippen LogP contribution in [0.2, 0.25) is 0 Å². The van der Waals surface area contributed by atoms with E-state index in [1.807, 2.05) is 31.2 Å². The Kier molecular flexibility index (Phi) is 9.31. The summed E-state index contributed by atoms with van der Waals surface area (Å²) >= 11 is 0. The minimum atomic E-state index is -0.952. The third-order valence-electron chi connectivity index (χ3n) is 6.03. The normalized spacial score (nSPS) is 15.5. The zero-order valence-electron chi connectivity index (χ0n) is 20.7. The Morgan fingerprint density at radius 3 is 2.46 bits per heavy atom. The van der Waals surface area contributed by atoms with Crippen LogP contribution in [0.5, 0.6) is 17.2 Å². The number of esters is 1. The topological polar surface area (TPSA) is 116 Å². The summed E-state index contributed by atoms with van der Waals surface area (Å²) in [5.74, 6) is -0.244. The molecule has 1 saturated carbocycles. The summed E-state index contributed by atoms with van der Waals surface area (Å²) in [6.45, 7) is 4.52. The highest BCUT2D eigenvalue weighted by Crippen LogP contribution is 2.30. The lowest BCUT2D eigenvalue weighted by molar-refractivity contribution is -0.153. The number of rotatable bonds is 13. The van der Waals surface area contributed by atoms with Gasteiger partial charge in [0.25, 0.3) is 5.91 Å². The molecule has 1 fully saturated rings. The molecule has 9 nitrogen and oxygen atoms in total. The van der Waals surface area contributed by atoms with Crippen LogP contribution in [0.4, 0.5) is 0 Å². The standard InChI is InChI=1S/C26H34N2O7/c1-16(28-25(30)23-24(29)22(33-4)11-12-27-23)26(31)35-17(2)20(15-34-14-19-5-6-19)13-18-7-9-21(32-3)10-8-18/h7-12,16-17,19-20,29H,5-6,13-15H2,1-4H3,(H,28,30)/t16-,17-,20+/m0/s1. The number of hydrogen-bond acceptors (Lipinski definition) is 8. The van der Waals surface area contributed by atoms with Gasteiger partial charge in [-0.3, -0.25) is 4.79 Å². The van der Waals surface area contributed by atoms with E-state index in [9.17, 15) is 14.7 Å². The maximum absolute atomic E-state index is 12.8. The molecule has 9 heteroatoms. The molecular weight excluding hydrogens is 452 g/mol. The molecule has 3 atom stereocenters. The van der Waals surface area contributed by atoms with E-state index in [-0.39, 0.29) is 17.4 Å². The van der Waals surface area contributed by atoms with Crippen molar-refractivity contribution >= 4 is 11.9 Å². The number of pyridine rings is 1. The van der Waals surface area contributed by atoms with Crippen molar-refractivity contribution in [3.8, 4) is 17.2 Å². The molecule has 1 aliphatic carbocycles. The van der Waals surface area contributed by atoms with E-state index in [1.165, 1.54) is 39.1 Å². The van der Waals surface area contributed by atoms with Crippen molar-refractivity contribution in [1.82, 2.24) is 10.3 Å². The molecule has 0 unspecified atom stereocenters. The zero-order valence-corrected chi connectivity index (χ0v) is 20.7. The van der Waals surface area contributed by atoms with Crippen LogP contribution in [-0.2, 0) is 20.7 Å². The van der Waals surface area contributed by atoms with Crippen molar-refractivity contribution in [2.75, 3.05) is 27.4 Å². The van der Waals surface area contributed by atoms with Crippen LogP contribution < -0.4 is 14.8 Å². The van der Waals surface area contributed by atoms with E-state index in [0.29, 0.717) is 25.6 Å². The smallest absolute Gasteiger partial charge is 0.328 e. The molecule has 1 aromatic heterocycles. The lowest BCUT2D eigenvalue weighted by atomic mass is 9.95. The highest BCUT2D eigenvalue weighted by Gasteiger charge is 2.28. The molecule has 0 aliphatic heterocycles. The third kappa shape index (κ3) is 7.58. The molecule has 1 aliphatic rings. The Balaban J connectivity index is 1.60. The Morgan fingerprint density at radius 1 is 1.11 bits per heavy atom. The molecule has 0 radical (unpaired) electrons. The number of amides is 1. The number of carbonyl (C=O) groups is 2. The number of carbonyl (C=O) groups excluding carboxylic acids is 2. The van der Waals surface area contributed by atoms with Crippen molar-refractivity contribution in [1.29, 1.82) is 0 Å². The first-order chi connectivity index (χ1) is 16.8. The highest BCUT2D eigenvalue weighted by atomic mass is 16.5. The van der Waals surface area contributed by atoms with Gasteiger partial charge in [-0.2, -0.15) is 0 Å². The fraction of sp³-hybridized carbons (Fsp3) is 0.500. The van der Waals surface area contributed by atoms with Crippen molar-refractivity contribution in [3.63, 3.8) is 0 Å². The van der Waals surface area contributed by atoms with Gasteiger partial charge in [0, 0.05) is 24.8 Å². The van der Waals surface area contributed by atoms with Gasteiger partial charge in [0.15, 0.2) is 17.2 Å². The van der Waals surface area contributed by atoms with Gasteiger partial charge in [-0.05, 0) is 56.7 Å². The van der Waals surface area contributed by atoms with Crippen LogP contribution in [0, 0.1) is 11.8 Å². The summed E-state index contributed by atoms with van der Waals surface area (Å²) < 4.78 is 21.9. The van der Waals surface area contributed by atoms with Gasteiger partial charge in [0.2, 0.25) is 0 Å². The molecule has 0 bridgehead atoms. The van der Waals surface area contributed by atoms with Gasteiger partial charge in [-0.25, -0.2) is 9.78 Å². The second-order valence-corrected chi connectivity index (χ2v) is 8.84. The van der Waals surface area contributed by atoms with Crippen molar-refractivity contribution < 1.29 is 33.6 Å². The number of hydrogen-bond donors (Lipinski definition) is 2. The van der Waals surface area contributed by atoms with Crippen LogP contribution in [0.3, 0.4) is 0 Å². The zero-order chi connectivity index (χ0) is 25.4. The van der Waals surface area contributed by atoms with E-state index in [1.54, 1.807) is 7.11 Å². The minimum absolute atomic E-state index is 0.0712. The third-order valence-corrected chi connectivity index (χ3v) is 6.03. The largest absolute Gasteiger partial charge is 0.503 e. The minimum Gasteiger partial charge on any atom is -0.503 e. The molecule has 2 aromatic rings. The summed E-state index contributed by atoms with van der Waals surface area (Å²) in [6, 6.07) is 8.24. The maximum Gasteiger partial charge on any atom is 0.328 e. The lowest BCUT2D eigenvalue weighted by Crippen LogP contribution is -2.42. The van der Waals surface area contributed by atoms with Gasteiger partial charge < -0.3 is 29.4 Å². The predicted molar refractivity (Wildman–Crippen MR) is 129 cm³/mol. The molecular formula is C26H34N2O7. The van der Waals surface area contributed by atoms with Crippen molar-refractivity contribution in [2.45, 2.75) is 45.3 Å². The molecule has 2 N–H and O–H groups in total. The number of benzene rings is 1. The first-order valence-corrected chi connectivity index (χ1v) is 11.8. The number of ether oxygens (including phenoxy) is 4. The fourth-order valence-corrected chi connectivity index (χ4v) is 3.57. The maximum atomic E-state index is 12.8. The Labute approximate surface area is 205 Å². The highest BCUT2D eigenvalue weighted by molar-refractivity contribution is 5.97. The monoisotopic (exact) mass is 486 g/mol. The van der Waals surface area contributed by atoms with Gasteiger partial charge in [-0.15, -0.1) is 0 Å². The second-order valence-electron chi connectivity index (χ2n) is 8.84. The summed E-state index contributed by atoms with van der Waals surface area (Å²) in [5.41, 5.74) is 0.845. The SMILES string of the molecule is COc1ccc(C[C@H](COCC2CC2)[C@H](C)OC(=O)[C@H](C)NC(=O)c2nccc(OC)c2O)cc1. The van der Waals surface area contributed by atoms with E-state index in [4.69, 9.17) is 18.9 Å². The number of methoxy groups -OCH3 is 2. The van der Waals surface area contributed by atoms with Gasteiger partial charge in [0.1, 0.15) is 17.9 Å². The van der Waals surface area contributed by atoms with E-state index in [0.717, 1.165) is 11.3 Å². The number of nitrogens with one attached hydrogen (secondary N) is 1.